The van der Waals surface area contributed by atoms with Crippen molar-refractivity contribution in [2.75, 3.05) is 6.61 Å². The molecule has 15 heavy (non-hydrogen) atoms. The van der Waals surface area contributed by atoms with Crippen molar-refractivity contribution < 1.29 is 9.37 Å². The molecule has 0 aliphatic carbocycles. The highest BCUT2D eigenvalue weighted by Gasteiger charge is 2.36. The number of hydrogen-bond donors (Lipinski definition) is 1. The van der Waals surface area contributed by atoms with E-state index in [1.165, 1.54) is 0 Å². The summed E-state index contributed by atoms with van der Waals surface area (Å²) in [4.78, 5) is 0. The summed E-state index contributed by atoms with van der Waals surface area (Å²) in [6.45, 7) is 7.66. The van der Waals surface area contributed by atoms with Crippen molar-refractivity contribution in [2.24, 2.45) is 0 Å². The van der Waals surface area contributed by atoms with Crippen LogP contribution in [0.3, 0.4) is 0 Å². The average molecular weight is 211 g/mol. The first-order chi connectivity index (χ1) is 7.12. The van der Waals surface area contributed by atoms with Crippen LogP contribution in [0.5, 0.6) is 0 Å². The highest BCUT2D eigenvalue weighted by atomic mass is 16.6. The maximum atomic E-state index is 5.55. The normalized spacial score (nSPS) is 31.0. The number of aromatic nitrogens is 2. The summed E-state index contributed by atoms with van der Waals surface area (Å²) in [7, 11) is 0. The lowest BCUT2D eigenvalue weighted by atomic mass is 9.94. The molecule has 0 bridgehead atoms. The van der Waals surface area contributed by atoms with Gasteiger partial charge in [0.2, 0.25) is 0 Å². The highest BCUT2D eigenvalue weighted by Crippen LogP contribution is 2.25. The fourth-order valence-corrected chi connectivity index (χ4v) is 1.76. The van der Waals surface area contributed by atoms with Crippen molar-refractivity contribution in [2.45, 2.75) is 45.4 Å². The van der Waals surface area contributed by atoms with E-state index in [1.54, 1.807) is 0 Å². The van der Waals surface area contributed by atoms with Gasteiger partial charge in [-0.3, -0.25) is 0 Å². The number of rotatable bonds is 3. The largest absolute Gasteiger partial charge is 0.377 e. The molecule has 1 aromatic rings. The van der Waals surface area contributed by atoms with Gasteiger partial charge >= 0.3 is 0 Å². The van der Waals surface area contributed by atoms with Crippen LogP contribution in [-0.2, 0) is 11.3 Å². The van der Waals surface area contributed by atoms with E-state index in [0.717, 1.165) is 24.4 Å². The number of ether oxygens (including phenoxy) is 1. The minimum absolute atomic E-state index is 0.0331. The van der Waals surface area contributed by atoms with Crippen molar-refractivity contribution in [3.63, 3.8) is 0 Å². The molecule has 0 aromatic carbocycles. The Hall–Kier alpha value is -0.940. The third-order valence-electron chi connectivity index (χ3n) is 3.29. The van der Waals surface area contributed by atoms with Gasteiger partial charge in [0.05, 0.1) is 6.10 Å². The molecule has 5 nitrogen and oxygen atoms in total. The quantitative estimate of drug-likeness (QED) is 0.809. The van der Waals surface area contributed by atoms with E-state index in [-0.39, 0.29) is 11.6 Å². The van der Waals surface area contributed by atoms with Crippen LogP contribution >= 0.6 is 0 Å². The minimum atomic E-state index is 0.0331. The second kappa shape index (κ2) is 3.90. The molecule has 2 rings (SSSR count). The van der Waals surface area contributed by atoms with E-state index in [0.29, 0.717) is 6.54 Å². The second-order valence-electron chi connectivity index (χ2n) is 4.33. The molecule has 5 heteroatoms. The van der Waals surface area contributed by atoms with Crippen LogP contribution in [0.15, 0.2) is 4.63 Å². The fourth-order valence-electron chi connectivity index (χ4n) is 1.76. The zero-order valence-electron chi connectivity index (χ0n) is 9.41. The van der Waals surface area contributed by atoms with E-state index < -0.39 is 0 Å². The van der Waals surface area contributed by atoms with Crippen molar-refractivity contribution in [1.82, 2.24) is 15.6 Å². The van der Waals surface area contributed by atoms with Gasteiger partial charge in [-0.1, -0.05) is 10.3 Å². The molecule has 0 saturated carbocycles. The Bertz CT molecular complexity index is 339. The monoisotopic (exact) mass is 211 g/mol. The number of nitrogens with one attached hydrogen (secondary N) is 1. The molecule has 0 radical (unpaired) electrons. The van der Waals surface area contributed by atoms with Crippen molar-refractivity contribution >= 4 is 0 Å². The zero-order valence-corrected chi connectivity index (χ0v) is 9.41. The van der Waals surface area contributed by atoms with Crippen LogP contribution in [0.1, 0.15) is 31.7 Å². The van der Waals surface area contributed by atoms with Gasteiger partial charge in [0.1, 0.15) is 11.4 Å². The highest BCUT2D eigenvalue weighted by molar-refractivity contribution is 5.06. The maximum absolute atomic E-state index is 5.55. The van der Waals surface area contributed by atoms with E-state index in [2.05, 4.69) is 34.1 Å². The third kappa shape index (κ3) is 2.03. The first-order valence-corrected chi connectivity index (χ1v) is 5.26. The molecule has 2 atom stereocenters. The lowest BCUT2D eigenvalue weighted by Crippen LogP contribution is -2.47. The van der Waals surface area contributed by atoms with Gasteiger partial charge < -0.3 is 10.1 Å². The van der Waals surface area contributed by atoms with Crippen LogP contribution in [0.4, 0.5) is 0 Å². The maximum Gasteiger partial charge on any atom is 0.121 e. The molecule has 1 fully saturated rings. The summed E-state index contributed by atoms with van der Waals surface area (Å²) in [5.74, 6) is 0. The van der Waals surface area contributed by atoms with E-state index >= 15 is 0 Å². The molecule has 2 heterocycles. The smallest absolute Gasteiger partial charge is 0.121 e. The Balaban J connectivity index is 1.96. The van der Waals surface area contributed by atoms with Gasteiger partial charge in [-0.15, -0.1) is 0 Å². The average Bonchev–Trinajstić information content (AvgIpc) is 2.73. The van der Waals surface area contributed by atoms with Gasteiger partial charge in [-0.05, 0) is 27.2 Å². The minimum Gasteiger partial charge on any atom is -0.377 e. The van der Waals surface area contributed by atoms with Crippen LogP contribution in [0.2, 0.25) is 0 Å². The Morgan fingerprint density at radius 2 is 2.33 bits per heavy atom. The van der Waals surface area contributed by atoms with Crippen molar-refractivity contribution in [3.8, 4) is 0 Å². The van der Waals surface area contributed by atoms with Crippen LogP contribution in [-0.4, -0.2) is 28.6 Å². The van der Waals surface area contributed by atoms with E-state index in [9.17, 15) is 0 Å². The standard InChI is InChI=1S/C10H17N3O2/c1-7-9(13-15-12-7)6-11-10(3)4-5-14-8(10)2/h8,11H,4-6H2,1-3H3. The molecule has 1 aromatic heterocycles. The van der Waals surface area contributed by atoms with E-state index in [4.69, 9.17) is 4.74 Å². The van der Waals surface area contributed by atoms with Crippen LogP contribution in [0, 0.1) is 6.92 Å². The van der Waals surface area contributed by atoms with Gasteiger partial charge in [-0.2, -0.15) is 0 Å². The van der Waals surface area contributed by atoms with E-state index in [1.807, 2.05) is 6.92 Å². The van der Waals surface area contributed by atoms with Crippen molar-refractivity contribution in [1.29, 1.82) is 0 Å². The Labute approximate surface area is 89.1 Å². The Morgan fingerprint density at radius 3 is 2.87 bits per heavy atom. The fraction of sp³-hybridized carbons (Fsp3) is 0.800. The third-order valence-corrected chi connectivity index (χ3v) is 3.29. The summed E-state index contributed by atoms with van der Waals surface area (Å²) in [5.41, 5.74) is 1.75. The summed E-state index contributed by atoms with van der Waals surface area (Å²) < 4.78 is 10.2. The molecule has 1 aliphatic rings. The molecular weight excluding hydrogens is 194 g/mol. The first kappa shape index (κ1) is 10.6. The predicted molar refractivity (Wildman–Crippen MR) is 54.3 cm³/mol. The molecule has 0 amide bonds. The molecular formula is C10H17N3O2. The second-order valence-corrected chi connectivity index (χ2v) is 4.33. The Morgan fingerprint density at radius 1 is 1.53 bits per heavy atom. The summed E-state index contributed by atoms with van der Waals surface area (Å²) in [6.07, 6.45) is 1.26. The molecule has 1 aliphatic heterocycles. The predicted octanol–water partition coefficient (Wildman–Crippen LogP) is 1.04. The Kier molecular flexibility index (Phi) is 2.75. The van der Waals surface area contributed by atoms with Gasteiger partial charge in [0.25, 0.3) is 0 Å². The van der Waals surface area contributed by atoms with Gasteiger partial charge in [0, 0.05) is 18.7 Å². The molecule has 0 spiro atoms. The molecule has 1 N–H and O–H groups in total. The lowest BCUT2D eigenvalue weighted by Gasteiger charge is -2.28. The first-order valence-electron chi connectivity index (χ1n) is 5.26. The number of nitrogens with zero attached hydrogens (tertiary/aromatic N) is 2. The van der Waals surface area contributed by atoms with Crippen LogP contribution < -0.4 is 5.32 Å². The SMILES string of the molecule is Cc1nonc1CNC1(C)CCOC1C. The molecule has 1 saturated heterocycles. The van der Waals surface area contributed by atoms with Crippen LogP contribution in [0.25, 0.3) is 0 Å². The summed E-state index contributed by atoms with van der Waals surface area (Å²) >= 11 is 0. The number of hydrogen-bond acceptors (Lipinski definition) is 5. The number of aryl methyl sites for hydroxylation is 1. The van der Waals surface area contributed by atoms with Gasteiger partial charge in [0.15, 0.2) is 0 Å². The van der Waals surface area contributed by atoms with Gasteiger partial charge in [-0.25, -0.2) is 4.63 Å². The van der Waals surface area contributed by atoms with Crippen molar-refractivity contribution in [3.05, 3.63) is 11.4 Å². The molecule has 2 unspecified atom stereocenters. The topological polar surface area (TPSA) is 60.2 Å². The zero-order chi connectivity index (χ0) is 10.9. The summed E-state index contributed by atoms with van der Waals surface area (Å²) in [5, 5.41) is 11.1. The molecule has 84 valence electrons. The summed E-state index contributed by atoms with van der Waals surface area (Å²) in [6, 6.07) is 0. The lowest BCUT2D eigenvalue weighted by molar-refractivity contribution is 0.0879.